The molecule has 0 aliphatic carbocycles. The lowest BCUT2D eigenvalue weighted by molar-refractivity contribution is 1.04. The minimum Gasteiger partial charge on any atom is -0.253 e. The van der Waals surface area contributed by atoms with Gasteiger partial charge in [-0.1, -0.05) is 66.7 Å². The maximum absolute atomic E-state index is 5.01. The highest BCUT2D eigenvalue weighted by molar-refractivity contribution is 6.22. The Labute approximate surface area is 239 Å². The van der Waals surface area contributed by atoms with Crippen LogP contribution in [0.3, 0.4) is 0 Å². The topological polar surface area (TPSA) is 103 Å². The lowest BCUT2D eigenvalue weighted by Crippen LogP contribution is -2.02. The van der Waals surface area contributed by atoms with Gasteiger partial charge in [-0.25, -0.2) is 29.9 Å². The number of hydrogen-bond donors (Lipinski definition) is 0. The van der Waals surface area contributed by atoms with Crippen LogP contribution in [0.5, 0.6) is 0 Å². The molecule has 0 radical (unpaired) electrons. The zero-order valence-corrected chi connectivity index (χ0v) is 22.1. The number of rotatable bonds is 4. The molecule has 0 aliphatic heterocycles. The Morgan fingerprint density at radius 3 is 1.71 bits per heavy atom. The summed E-state index contributed by atoms with van der Waals surface area (Å²) in [5.41, 5.74) is 3.53. The van der Waals surface area contributed by atoms with E-state index < -0.39 is 0 Å². The second-order valence-electron chi connectivity index (χ2n) is 9.72. The van der Waals surface area contributed by atoms with Gasteiger partial charge in [-0.2, -0.15) is 0 Å². The molecular weight excluding hydrogens is 520 g/mol. The molecule has 8 aromatic rings. The zero-order valence-electron chi connectivity index (χ0n) is 22.1. The van der Waals surface area contributed by atoms with Crippen LogP contribution in [0.25, 0.3) is 78.4 Å². The first-order valence-corrected chi connectivity index (χ1v) is 13.4. The first kappa shape index (κ1) is 23.8. The van der Waals surface area contributed by atoms with Gasteiger partial charge in [0.2, 0.25) is 0 Å². The number of pyridine rings is 3. The fraction of sp³-hybridized carbons (Fsp3) is 0. The zero-order chi connectivity index (χ0) is 27.9. The van der Waals surface area contributed by atoms with Crippen LogP contribution in [0.15, 0.2) is 122 Å². The summed E-state index contributed by atoms with van der Waals surface area (Å²) in [6.45, 7) is 0. The molecule has 8 heteroatoms. The molecule has 196 valence electrons. The van der Waals surface area contributed by atoms with Gasteiger partial charge in [0.1, 0.15) is 17.1 Å². The van der Waals surface area contributed by atoms with Crippen molar-refractivity contribution in [2.75, 3.05) is 0 Å². The molecule has 8 nitrogen and oxygen atoms in total. The molecule has 8 rings (SSSR count). The summed E-state index contributed by atoms with van der Waals surface area (Å²) in [6, 6.07) is 32.0. The van der Waals surface area contributed by atoms with Crippen molar-refractivity contribution in [3.63, 3.8) is 0 Å². The predicted octanol–water partition coefficient (Wildman–Crippen LogP) is 6.97. The molecule has 0 unspecified atom stereocenters. The van der Waals surface area contributed by atoms with Crippen LogP contribution in [0.4, 0.5) is 0 Å². The summed E-state index contributed by atoms with van der Waals surface area (Å²) in [6.07, 6.45) is 6.88. The van der Waals surface area contributed by atoms with E-state index in [9.17, 15) is 0 Å². The average molecular weight is 541 g/mol. The summed E-state index contributed by atoms with van der Waals surface area (Å²) < 4.78 is 0. The highest BCUT2D eigenvalue weighted by atomic mass is 15.1. The van der Waals surface area contributed by atoms with E-state index in [0.29, 0.717) is 40.2 Å². The fourth-order valence-electron chi connectivity index (χ4n) is 5.18. The van der Waals surface area contributed by atoms with Crippen LogP contribution in [0.1, 0.15) is 0 Å². The quantitative estimate of drug-likeness (QED) is 0.220. The monoisotopic (exact) mass is 540 g/mol. The van der Waals surface area contributed by atoms with Gasteiger partial charge in [-0.3, -0.25) is 9.97 Å². The average Bonchev–Trinajstić information content (AvgIpc) is 3.08. The van der Waals surface area contributed by atoms with E-state index in [1.807, 2.05) is 54.6 Å². The van der Waals surface area contributed by atoms with Crippen molar-refractivity contribution in [2.45, 2.75) is 0 Å². The molecule has 0 fully saturated rings. The number of nitrogens with zero attached hydrogens (tertiary/aromatic N) is 8. The molecule has 3 aromatic carbocycles. The largest absolute Gasteiger partial charge is 0.253 e. The lowest BCUT2D eigenvalue weighted by Gasteiger charge is -2.12. The van der Waals surface area contributed by atoms with Crippen molar-refractivity contribution in [1.82, 2.24) is 39.9 Å². The Hall–Kier alpha value is -6.02. The molecule has 0 saturated heterocycles. The summed E-state index contributed by atoms with van der Waals surface area (Å²) in [7, 11) is 0. The second kappa shape index (κ2) is 9.87. The Balaban J connectivity index is 1.28. The van der Waals surface area contributed by atoms with Crippen molar-refractivity contribution in [2.24, 2.45) is 0 Å². The number of aromatic nitrogens is 8. The van der Waals surface area contributed by atoms with Crippen LogP contribution in [0.2, 0.25) is 0 Å². The van der Waals surface area contributed by atoms with Crippen molar-refractivity contribution < 1.29 is 0 Å². The standard InChI is InChI=1S/C34H20N8/c1-2-10-23-21(9-1)15-16-25-29(23)24-11-3-4-12-26(24)39-30(25)34-37-19-22(20-38-34)31-40-32(27-13-5-7-17-35-27)42-33(41-31)28-14-6-8-18-36-28/h1-20H. The van der Waals surface area contributed by atoms with Gasteiger partial charge in [-0.15, -0.1) is 0 Å². The summed E-state index contributed by atoms with van der Waals surface area (Å²) in [5.74, 6) is 1.84. The molecule has 0 saturated carbocycles. The van der Waals surface area contributed by atoms with E-state index in [0.717, 1.165) is 27.4 Å². The Morgan fingerprint density at radius 1 is 0.405 bits per heavy atom. The predicted molar refractivity (Wildman–Crippen MR) is 163 cm³/mol. The van der Waals surface area contributed by atoms with E-state index in [1.165, 1.54) is 10.8 Å². The summed E-state index contributed by atoms with van der Waals surface area (Å²) in [5, 5.41) is 5.57. The Bertz CT molecular complexity index is 2160. The molecule has 5 aromatic heterocycles. The van der Waals surface area contributed by atoms with E-state index in [2.05, 4.69) is 57.4 Å². The first-order chi connectivity index (χ1) is 20.8. The molecule has 5 heterocycles. The minimum absolute atomic E-state index is 0.431. The number of benzene rings is 3. The van der Waals surface area contributed by atoms with Crippen molar-refractivity contribution in [1.29, 1.82) is 0 Å². The van der Waals surface area contributed by atoms with E-state index in [-0.39, 0.29) is 0 Å². The SMILES string of the molecule is c1ccc(-c2nc(-c3cnc(-c4nc5ccccc5c5c4ccc4ccccc45)nc3)nc(-c3ccccn3)n2)nc1. The molecule has 0 N–H and O–H groups in total. The van der Waals surface area contributed by atoms with Gasteiger partial charge in [0.15, 0.2) is 23.3 Å². The third kappa shape index (κ3) is 4.10. The highest BCUT2D eigenvalue weighted by Gasteiger charge is 2.17. The number of para-hydroxylation sites is 1. The Morgan fingerprint density at radius 2 is 1.02 bits per heavy atom. The van der Waals surface area contributed by atoms with E-state index in [1.54, 1.807) is 24.8 Å². The first-order valence-electron chi connectivity index (χ1n) is 13.4. The summed E-state index contributed by atoms with van der Waals surface area (Å²) >= 11 is 0. The second-order valence-corrected chi connectivity index (χ2v) is 9.72. The molecule has 0 atom stereocenters. The van der Waals surface area contributed by atoms with Gasteiger partial charge < -0.3 is 0 Å². The molecule has 0 amide bonds. The van der Waals surface area contributed by atoms with E-state index in [4.69, 9.17) is 24.9 Å². The maximum atomic E-state index is 5.01. The lowest BCUT2D eigenvalue weighted by atomic mass is 9.97. The van der Waals surface area contributed by atoms with Crippen LogP contribution >= 0.6 is 0 Å². The van der Waals surface area contributed by atoms with Crippen LogP contribution in [0, 0.1) is 0 Å². The van der Waals surface area contributed by atoms with Crippen LogP contribution < -0.4 is 0 Å². The van der Waals surface area contributed by atoms with Gasteiger partial charge >= 0.3 is 0 Å². The van der Waals surface area contributed by atoms with E-state index >= 15 is 0 Å². The third-order valence-electron chi connectivity index (χ3n) is 7.14. The third-order valence-corrected chi connectivity index (χ3v) is 7.14. The highest BCUT2D eigenvalue weighted by Crippen LogP contribution is 2.36. The van der Waals surface area contributed by atoms with Gasteiger partial charge in [0, 0.05) is 40.9 Å². The smallest absolute Gasteiger partial charge is 0.182 e. The van der Waals surface area contributed by atoms with Crippen molar-refractivity contribution >= 4 is 32.4 Å². The van der Waals surface area contributed by atoms with Crippen LogP contribution in [-0.4, -0.2) is 39.9 Å². The van der Waals surface area contributed by atoms with Gasteiger partial charge in [-0.05, 0) is 41.1 Å². The van der Waals surface area contributed by atoms with Gasteiger partial charge in [0.05, 0.1) is 11.1 Å². The van der Waals surface area contributed by atoms with Crippen molar-refractivity contribution in [3.8, 4) is 45.9 Å². The van der Waals surface area contributed by atoms with Gasteiger partial charge in [0.25, 0.3) is 0 Å². The minimum atomic E-state index is 0.431. The van der Waals surface area contributed by atoms with Crippen molar-refractivity contribution in [3.05, 3.63) is 122 Å². The van der Waals surface area contributed by atoms with Crippen LogP contribution in [-0.2, 0) is 0 Å². The number of fused-ring (bicyclic) bond motifs is 5. The molecule has 42 heavy (non-hydrogen) atoms. The normalized spacial score (nSPS) is 11.3. The molecule has 0 bridgehead atoms. The molecular formula is C34H20N8. The number of hydrogen-bond acceptors (Lipinski definition) is 8. The summed E-state index contributed by atoms with van der Waals surface area (Å²) in [4.78, 5) is 37.5. The molecule has 0 spiro atoms. The fourth-order valence-corrected chi connectivity index (χ4v) is 5.18. The molecule has 0 aliphatic rings. The Kier molecular flexibility index (Phi) is 5.60. The maximum Gasteiger partial charge on any atom is 0.182 e.